The number of benzene rings is 2. The largest absolute Gasteiger partial charge is 0.393 e. The zero-order chi connectivity index (χ0) is 14.5. The molecule has 1 saturated carbocycles. The summed E-state index contributed by atoms with van der Waals surface area (Å²) in [5.74, 6) is 0.753. The average Bonchev–Trinajstić information content (AvgIpc) is 3.02. The van der Waals surface area contributed by atoms with Crippen molar-refractivity contribution >= 4 is 0 Å². The summed E-state index contributed by atoms with van der Waals surface area (Å²) >= 11 is 0. The Kier molecular flexibility index (Phi) is 4.72. The van der Waals surface area contributed by atoms with Crippen molar-refractivity contribution < 1.29 is 5.11 Å². The number of hydrogen-bond donors (Lipinski definition) is 1. The van der Waals surface area contributed by atoms with E-state index in [1.807, 2.05) is 6.07 Å². The van der Waals surface area contributed by atoms with Crippen LogP contribution in [-0.2, 0) is 6.42 Å². The minimum Gasteiger partial charge on any atom is -0.393 e. The van der Waals surface area contributed by atoms with Crippen molar-refractivity contribution in [3.63, 3.8) is 0 Å². The highest BCUT2D eigenvalue weighted by Gasteiger charge is 2.18. The molecule has 0 aliphatic heterocycles. The van der Waals surface area contributed by atoms with Crippen molar-refractivity contribution in [3.05, 3.63) is 60.2 Å². The van der Waals surface area contributed by atoms with Gasteiger partial charge in [0.25, 0.3) is 0 Å². The predicted octanol–water partition coefficient (Wildman–Crippen LogP) is 4.84. The number of aliphatic hydroxyl groups excluding tert-OH is 1. The van der Waals surface area contributed by atoms with Crippen molar-refractivity contribution in [3.8, 4) is 11.1 Å². The zero-order valence-electron chi connectivity index (χ0n) is 12.5. The van der Waals surface area contributed by atoms with Gasteiger partial charge in [-0.05, 0) is 35.4 Å². The van der Waals surface area contributed by atoms with Crippen molar-refractivity contribution in [2.45, 2.75) is 44.6 Å². The quantitative estimate of drug-likeness (QED) is 0.831. The van der Waals surface area contributed by atoms with Crippen LogP contribution in [0, 0.1) is 5.92 Å². The van der Waals surface area contributed by atoms with Gasteiger partial charge in [0.1, 0.15) is 0 Å². The van der Waals surface area contributed by atoms with Crippen LogP contribution in [0.15, 0.2) is 54.6 Å². The van der Waals surface area contributed by atoms with Gasteiger partial charge in [-0.25, -0.2) is 0 Å². The molecule has 1 atom stereocenters. The van der Waals surface area contributed by atoms with Gasteiger partial charge in [-0.15, -0.1) is 0 Å². The number of aliphatic hydroxyl groups is 1. The fourth-order valence-electron chi connectivity index (χ4n) is 3.45. The van der Waals surface area contributed by atoms with Gasteiger partial charge < -0.3 is 5.11 Å². The lowest BCUT2D eigenvalue weighted by Crippen LogP contribution is -2.14. The van der Waals surface area contributed by atoms with Crippen molar-refractivity contribution in [1.29, 1.82) is 0 Å². The Labute approximate surface area is 127 Å². The second-order valence-electron chi connectivity index (χ2n) is 6.31. The molecular weight excluding hydrogens is 256 g/mol. The summed E-state index contributed by atoms with van der Waals surface area (Å²) in [4.78, 5) is 0. The molecular formula is C20H24O. The predicted molar refractivity (Wildman–Crippen MR) is 88.2 cm³/mol. The molecule has 2 aromatic rings. The molecule has 1 aliphatic rings. The van der Waals surface area contributed by atoms with E-state index in [0.717, 1.165) is 18.8 Å². The van der Waals surface area contributed by atoms with Gasteiger partial charge in [-0.1, -0.05) is 80.3 Å². The maximum absolute atomic E-state index is 10.2. The Morgan fingerprint density at radius 3 is 2.14 bits per heavy atom. The topological polar surface area (TPSA) is 20.2 Å². The van der Waals surface area contributed by atoms with Crippen molar-refractivity contribution in [2.75, 3.05) is 0 Å². The summed E-state index contributed by atoms with van der Waals surface area (Å²) in [6.45, 7) is 0. The van der Waals surface area contributed by atoms with Crippen LogP contribution in [0.5, 0.6) is 0 Å². The van der Waals surface area contributed by atoms with Gasteiger partial charge in [0.2, 0.25) is 0 Å². The van der Waals surface area contributed by atoms with E-state index in [4.69, 9.17) is 0 Å². The van der Waals surface area contributed by atoms with E-state index in [1.165, 1.54) is 42.4 Å². The summed E-state index contributed by atoms with van der Waals surface area (Å²) < 4.78 is 0. The Morgan fingerprint density at radius 1 is 0.857 bits per heavy atom. The fourth-order valence-corrected chi connectivity index (χ4v) is 3.45. The zero-order valence-corrected chi connectivity index (χ0v) is 12.5. The summed E-state index contributed by atoms with van der Waals surface area (Å²) in [6.07, 6.45) is 6.89. The molecule has 1 fully saturated rings. The average molecular weight is 280 g/mol. The summed E-state index contributed by atoms with van der Waals surface area (Å²) in [6, 6.07) is 19.1. The van der Waals surface area contributed by atoms with Crippen LogP contribution in [0.2, 0.25) is 0 Å². The van der Waals surface area contributed by atoms with Gasteiger partial charge in [0.05, 0.1) is 6.10 Å². The monoisotopic (exact) mass is 280 g/mol. The minimum absolute atomic E-state index is 0.185. The molecule has 0 spiro atoms. The van der Waals surface area contributed by atoms with Crippen LogP contribution in [-0.4, -0.2) is 11.2 Å². The highest BCUT2D eigenvalue weighted by Crippen LogP contribution is 2.29. The summed E-state index contributed by atoms with van der Waals surface area (Å²) in [5, 5.41) is 10.2. The molecule has 2 aromatic carbocycles. The molecule has 0 radical (unpaired) electrons. The molecule has 1 N–H and O–H groups in total. The standard InChI is InChI=1S/C20H24O/c21-20(14-16-6-4-5-7-16)15-17-10-12-19(13-11-17)18-8-2-1-3-9-18/h1-3,8-13,16,20-21H,4-7,14-15H2. The maximum Gasteiger partial charge on any atom is 0.0583 e. The van der Waals surface area contributed by atoms with E-state index in [2.05, 4.69) is 48.5 Å². The van der Waals surface area contributed by atoms with E-state index in [9.17, 15) is 5.11 Å². The van der Waals surface area contributed by atoms with Crippen LogP contribution >= 0.6 is 0 Å². The third-order valence-electron chi connectivity index (χ3n) is 4.61. The lowest BCUT2D eigenvalue weighted by Gasteiger charge is -2.15. The van der Waals surface area contributed by atoms with E-state index in [1.54, 1.807) is 0 Å². The SMILES string of the molecule is OC(Cc1ccc(-c2ccccc2)cc1)CC1CCCC1. The van der Waals surface area contributed by atoms with Gasteiger partial charge >= 0.3 is 0 Å². The smallest absolute Gasteiger partial charge is 0.0583 e. The normalized spacial score (nSPS) is 17.0. The Balaban J connectivity index is 1.59. The van der Waals surface area contributed by atoms with Crippen LogP contribution in [0.25, 0.3) is 11.1 Å². The number of rotatable bonds is 5. The minimum atomic E-state index is -0.185. The summed E-state index contributed by atoms with van der Waals surface area (Å²) in [5.41, 5.74) is 3.72. The third-order valence-corrected chi connectivity index (χ3v) is 4.61. The van der Waals surface area contributed by atoms with Gasteiger partial charge in [-0.3, -0.25) is 0 Å². The van der Waals surface area contributed by atoms with Crippen LogP contribution in [0.1, 0.15) is 37.7 Å². The highest BCUT2D eigenvalue weighted by molar-refractivity contribution is 5.63. The van der Waals surface area contributed by atoms with Gasteiger partial charge in [0, 0.05) is 0 Å². The molecule has 0 bridgehead atoms. The third kappa shape index (κ3) is 3.95. The molecule has 110 valence electrons. The molecule has 0 saturated heterocycles. The molecule has 3 rings (SSSR count). The lowest BCUT2D eigenvalue weighted by atomic mass is 9.95. The maximum atomic E-state index is 10.2. The molecule has 1 nitrogen and oxygen atoms in total. The van der Waals surface area contributed by atoms with E-state index < -0.39 is 0 Å². The first-order valence-corrected chi connectivity index (χ1v) is 8.14. The first-order chi connectivity index (χ1) is 10.3. The molecule has 0 aromatic heterocycles. The second kappa shape index (κ2) is 6.91. The van der Waals surface area contributed by atoms with E-state index in [0.29, 0.717) is 0 Å². The Morgan fingerprint density at radius 2 is 1.48 bits per heavy atom. The van der Waals surface area contributed by atoms with Crippen LogP contribution < -0.4 is 0 Å². The molecule has 0 heterocycles. The second-order valence-corrected chi connectivity index (χ2v) is 6.31. The lowest BCUT2D eigenvalue weighted by molar-refractivity contribution is 0.143. The van der Waals surface area contributed by atoms with E-state index in [-0.39, 0.29) is 6.10 Å². The molecule has 1 unspecified atom stereocenters. The fraction of sp³-hybridized carbons (Fsp3) is 0.400. The Bertz CT molecular complexity index is 538. The van der Waals surface area contributed by atoms with E-state index >= 15 is 0 Å². The molecule has 0 amide bonds. The molecule has 21 heavy (non-hydrogen) atoms. The van der Waals surface area contributed by atoms with Crippen LogP contribution in [0.4, 0.5) is 0 Å². The Hall–Kier alpha value is -1.60. The van der Waals surface area contributed by atoms with Crippen molar-refractivity contribution in [2.24, 2.45) is 5.92 Å². The highest BCUT2D eigenvalue weighted by atomic mass is 16.3. The van der Waals surface area contributed by atoms with Gasteiger partial charge in [0.15, 0.2) is 0 Å². The number of hydrogen-bond acceptors (Lipinski definition) is 1. The first-order valence-electron chi connectivity index (χ1n) is 8.14. The molecule has 1 aliphatic carbocycles. The van der Waals surface area contributed by atoms with Crippen molar-refractivity contribution in [1.82, 2.24) is 0 Å². The summed E-state index contributed by atoms with van der Waals surface area (Å²) in [7, 11) is 0. The first kappa shape index (κ1) is 14.3. The van der Waals surface area contributed by atoms with Crippen LogP contribution in [0.3, 0.4) is 0 Å². The van der Waals surface area contributed by atoms with Gasteiger partial charge in [-0.2, -0.15) is 0 Å². The molecule has 1 heteroatoms.